The van der Waals surface area contributed by atoms with Crippen molar-refractivity contribution in [3.63, 3.8) is 0 Å². The highest BCUT2D eigenvalue weighted by Crippen LogP contribution is 2.49. The third kappa shape index (κ3) is 4.47. The number of nitrogens with zero attached hydrogens (tertiary/aromatic N) is 1. The number of rotatable bonds is 4. The van der Waals surface area contributed by atoms with Gasteiger partial charge in [-0.25, -0.2) is 4.39 Å². The molecule has 0 aromatic heterocycles. The standard InChI is InChI=1S/C23H26ClFN2O2/c24-17-6-10-19(11-7-17)26-21(28)15-27-14-13-23(29)12-2-1-3-20(23)22(27)16-4-8-18(25)9-5-16/h4-11,20,22,29H,1-3,12-15H2,(H,26,28). The number of fused-ring (bicyclic) bond motifs is 1. The van der Waals surface area contributed by atoms with Crippen LogP contribution in [0.4, 0.5) is 10.1 Å². The number of benzene rings is 2. The highest BCUT2D eigenvalue weighted by Gasteiger charge is 2.49. The van der Waals surface area contributed by atoms with Crippen LogP contribution in [0.25, 0.3) is 0 Å². The smallest absolute Gasteiger partial charge is 0.238 e. The number of nitrogens with one attached hydrogen (secondary N) is 1. The first kappa shape index (κ1) is 20.3. The summed E-state index contributed by atoms with van der Waals surface area (Å²) in [5.74, 6) is -0.352. The average Bonchev–Trinajstić information content (AvgIpc) is 2.70. The predicted molar refractivity (Wildman–Crippen MR) is 112 cm³/mol. The van der Waals surface area contributed by atoms with Gasteiger partial charge in [0, 0.05) is 29.2 Å². The van der Waals surface area contributed by atoms with Crippen molar-refractivity contribution >= 4 is 23.2 Å². The SMILES string of the molecule is O=C(CN1CCC2(O)CCCCC2C1c1ccc(F)cc1)Nc1ccc(Cl)cc1. The van der Waals surface area contributed by atoms with Gasteiger partial charge in [0.15, 0.2) is 0 Å². The molecule has 1 saturated heterocycles. The number of hydrogen-bond donors (Lipinski definition) is 2. The Morgan fingerprint density at radius 2 is 1.86 bits per heavy atom. The van der Waals surface area contributed by atoms with Crippen LogP contribution < -0.4 is 5.32 Å². The van der Waals surface area contributed by atoms with Crippen LogP contribution >= 0.6 is 11.6 Å². The molecule has 1 saturated carbocycles. The molecule has 2 aromatic carbocycles. The first-order chi connectivity index (χ1) is 13.9. The molecule has 0 spiro atoms. The molecule has 154 valence electrons. The van der Waals surface area contributed by atoms with Crippen LogP contribution in [0.5, 0.6) is 0 Å². The Morgan fingerprint density at radius 1 is 1.14 bits per heavy atom. The Hall–Kier alpha value is -1.95. The number of hydrogen-bond acceptors (Lipinski definition) is 3. The first-order valence-electron chi connectivity index (χ1n) is 10.2. The molecule has 6 heteroatoms. The lowest BCUT2D eigenvalue weighted by atomic mass is 9.66. The molecule has 1 heterocycles. The van der Waals surface area contributed by atoms with Crippen molar-refractivity contribution < 1.29 is 14.3 Å². The Kier molecular flexibility index (Phi) is 5.91. The van der Waals surface area contributed by atoms with E-state index in [1.54, 1.807) is 36.4 Å². The third-order valence-corrected chi connectivity index (χ3v) is 6.61. The van der Waals surface area contributed by atoms with Crippen molar-refractivity contribution in [1.82, 2.24) is 4.90 Å². The van der Waals surface area contributed by atoms with Gasteiger partial charge in [-0.1, -0.05) is 36.6 Å². The van der Waals surface area contributed by atoms with Gasteiger partial charge >= 0.3 is 0 Å². The topological polar surface area (TPSA) is 52.6 Å². The van der Waals surface area contributed by atoms with Gasteiger partial charge in [0.05, 0.1) is 12.1 Å². The second-order valence-corrected chi connectivity index (χ2v) is 8.66. The van der Waals surface area contributed by atoms with E-state index in [9.17, 15) is 14.3 Å². The van der Waals surface area contributed by atoms with Gasteiger partial charge < -0.3 is 10.4 Å². The Morgan fingerprint density at radius 3 is 2.59 bits per heavy atom. The Labute approximate surface area is 175 Å². The molecule has 2 aromatic rings. The molecule has 3 unspecified atom stereocenters. The highest BCUT2D eigenvalue weighted by atomic mass is 35.5. The summed E-state index contributed by atoms with van der Waals surface area (Å²) in [5, 5.41) is 14.8. The van der Waals surface area contributed by atoms with Crippen molar-refractivity contribution in [3.05, 3.63) is 64.9 Å². The molecule has 3 atom stereocenters. The summed E-state index contributed by atoms with van der Waals surface area (Å²) >= 11 is 5.91. The second kappa shape index (κ2) is 8.42. The fraction of sp³-hybridized carbons (Fsp3) is 0.435. The van der Waals surface area contributed by atoms with E-state index in [-0.39, 0.29) is 30.2 Å². The van der Waals surface area contributed by atoms with Gasteiger partial charge in [-0.15, -0.1) is 0 Å². The number of piperidine rings is 1. The van der Waals surface area contributed by atoms with Crippen molar-refractivity contribution in [1.29, 1.82) is 0 Å². The Bertz CT molecular complexity index is 858. The van der Waals surface area contributed by atoms with Crippen LogP contribution in [-0.4, -0.2) is 34.6 Å². The molecule has 2 aliphatic rings. The predicted octanol–water partition coefficient (Wildman–Crippen LogP) is 4.79. The van der Waals surface area contributed by atoms with Crippen molar-refractivity contribution in [2.45, 2.75) is 43.7 Å². The van der Waals surface area contributed by atoms with Gasteiger partial charge in [-0.05, 0) is 61.2 Å². The summed E-state index contributed by atoms with van der Waals surface area (Å²) in [5.41, 5.74) is 0.945. The van der Waals surface area contributed by atoms with Crippen molar-refractivity contribution in [2.75, 3.05) is 18.4 Å². The van der Waals surface area contributed by atoms with Gasteiger partial charge in [0.2, 0.25) is 5.91 Å². The monoisotopic (exact) mass is 416 g/mol. The largest absolute Gasteiger partial charge is 0.389 e. The Balaban J connectivity index is 1.56. The molecule has 2 N–H and O–H groups in total. The van der Waals surface area contributed by atoms with Gasteiger partial charge in [-0.3, -0.25) is 9.69 Å². The minimum Gasteiger partial charge on any atom is -0.389 e. The molecule has 4 nitrogen and oxygen atoms in total. The van der Waals surface area contributed by atoms with E-state index in [0.717, 1.165) is 31.2 Å². The van der Waals surface area contributed by atoms with Crippen molar-refractivity contribution in [2.24, 2.45) is 5.92 Å². The molecule has 1 amide bonds. The minimum atomic E-state index is -0.708. The number of aliphatic hydroxyl groups is 1. The maximum Gasteiger partial charge on any atom is 0.238 e. The lowest BCUT2D eigenvalue weighted by molar-refractivity contribution is -0.135. The quantitative estimate of drug-likeness (QED) is 0.753. The first-order valence-corrected chi connectivity index (χ1v) is 10.6. The molecule has 0 bridgehead atoms. The van der Waals surface area contributed by atoms with Crippen LogP contribution in [0.2, 0.25) is 5.02 Å². The molecular formula is C23H26ClFN2O2. The van der Waals surface area contributed by atoms with Gasteiger partial charge in [0.1, 0.15) is 5.82 Å². The number of carbonyl (C=O) groups is 1. The molecule has 29 heavy (non-hydrogen) atoms. The second-order valence-electron chi connectivity index (χ2n) is 8.23. The molecule has 1 aliphatic heterocycles. The fourth-order valence-electron chi connectivity index (χ4n) is 4.94. The highest BCUT2D eigenvalue weighted by molar-refractivity contribution is 6.30. The van der Waals surface area contributed by atoms with E-state index in [0.29, 0.717) is 23.7 Å². The zero-order chi connectivity index (χ0) is 20.4. The zero-order valence-corrected chi connectivity index (χ0v) is 17.0. The van der Waals surface area contributed by atoms with Crippen LogP contribution in [0.1, 0.15) is 43.7 Å². The summed E-state index contributed by atoms with van der Waals surface area (Å²) in [6.45, 7) is 0.848. The third-order valence-electron chi connectivity index (χ3n) is 6.36. The average molecular weight is 417 g/mol. The lowest BCUT2D eigenvalue weighted by Crippen LogP contribution is -2.56. The minimum absolute atomic E-state index is 0.0405. The van der Waals surface area contributed by atoms with E-state index in [1.807, 2.05) is 0 Å². The molecule has 4 rings (SSSR count). The molecular weight excluding hydrogens is 391 g/mol. The van der Waals surface area contributed by atoms with Gasteiger partial charge in [0.25, 0.3) is 0 Å². The van der Waals surface area contributed by atoms with E-state index < -0.39 is 5.60 Å². The summed E-state index contributed by atoms with van der Waals surface area (Å²) in [6.07, 6.45) is 4.45. The van der Waals surface area contributed by atoms with E-state index in [1.165, 1.54) is 12.1 Å². The fourth-order valence-corrected chi connectivity index (χ4v) is 5.07. The molecule has 1 aliphatic carbocycles. The van der Waals surface area contributed by atoms with Gasteiger partial charge in [-0.2, -0.15) is 0 Å². The molecule has 2 fully saturated rings. The van der Waals surface area contributed by atoms with E-state index in [2.05, 4.69) is 10.2 Å². The maximum atomic E-state index is 13.5. The number of likely N-dealkylation sites (tertiary alicyclic amines) is 1. The van der Waals surface area contributed by atoms with E-state index in [4.69, 9.17) is 11.6 Å². The number of anilines is 1. The number of amides is 1. The van der Waals surface area contributed by atoms with Crippen molar-refractivity contribution in [3.8, 4) is 0 Å². The summed E-state index contributed by atoms with van der Waals surface area (Å²) in [7, 11) is 0. The summed E-state index contributed by atoms with van der Waals surface area (Å²) in [6, 6.07) is 13.4. The summed E-state index contributed by atoms with van der Waals surface area (Å²) < 4.78 is 13.5. The maximum absolute atomic E-state index is 13.5. The van der Waals surface area contributed by atoms with Crippen LogP contribution in [0, 0.1) is 11.7 Å². The van der Waals surface area contributed by atoms with Crippen LogP contribution in [-0.2, 0) is 4.79 Å². The van der Waals surface area contributed by atoms with E-state index >= 15 is 0 Å². The lowest BCUT2D eigenvalue weighted by Gasteiger charge is -2.52. The zero-order valence-electron chi connectivity index (χ0n) is 16.3. The molecule has 0 radical (unpaired) electrons. The normalized spacial score (nSPS) is 27.3. The number of halogens is 2. The van der Waals surface area contributed by atoms with Crippen LogP contribution in [0.15, 0.2) is 48.5 Å². The summed E-state index contributed by atoms with van der Waals surface area (Å²) in [4.78, 5) is 14.9. The van der Waals surface area contributed by atoms with Crippen LogP contribution in [0.3, 0.4) is 0 Å². The number of carbonyl (C=O) groups excluding carboxylic acids is 1.